The third-order valence-corrected chi connectivity index (χ3v) is 3.35. The fourth-order valence-electron chi connectivity index (χ4n) is 2.11. The van der Waals surface area contributed by atoms with Crippen LogP contribution >= 0.6 is 0 Å². The minimum atomic E-state index is -0.118. The maximum atomic E-state index is 12.4. The van der Waals surface area contributed by atoms with Crippen molar-refractivity contribution in [3.05, 3.63) is 35.5 Å². The van der Waals surface area contributed by atoms with E-state index in [4.69, 9.17) is 10.00 Å². The van der Waals surface area contributed by atoms with E-state index in [0.29, 0.717) is 24.2 Å². The number of benzene rings is 1. The molecule has 0 bridgehead atoms. The Balaban J connectivity index is 2.39. The molecule has 1 heterocycles. The van der Waals surface area contributed by atoms with Crippen LogP contribution in [0.2, 0.25) is 0 Å². The van der Waals surface area contributed by atoms with Gasteiger partial charge < -0.3 is 9.64 Å². The van der Waals surface area contributed by atoms with Crippen molar-refractivity contribution in [2.75, 3.05) is 20.7 Å². The Morgan fingerprint density at radius 3 is 2.86 bits per heavy atom. The van der Waals surface area contributed by atoms with E-state index in [0.717, 1.165) is 16.7 Å². The average molecular weight is 283 g/mol. The first-order chi connectivity index (χ1) is 10.1. The fourth-order valence-corrected chi connectivity index (χ4v) is 2.11. The average Bonchev–Trinajstić information content (AvgIpc) is 2.50. The van der Waals surface area contributed by atoms with Crippen LogP contribution in [0.3, 0.4) is 0 Å². The highest BCUT2D eigenvalue weighted by Crippen LogP contribution is 2.22. The Bertz CT molecular complexity index is 719. The largest absolute Gasteiger partial charge is 0.497 e. The van der Waals surface area contributed by atoms with E-state index in [-0.39, 0.29) is 5.91 Å². The van der Waals surface area contributed by atoms with Crippen molar-refractivity contribution in [1.82, 2.24) is 9.88 Å². The third-order valence-electron chi connectivity index (χ3n) is 3.35. The molecule has 108 valence electrons. The van der Waals surface area contributed by atoms with Crippen LogP contribution in [0.1, 0.15) is 22.5 Å². The summed E-state index contributed by atoms with van der Waals surface area (Å²) in [7, 11) is 3.30. The molecule has 2 rings (SSSR count). The number of methoxy groups -OCH3 is 1. The summed E-state index contributed by atoms with van der Waals surface area (Å²) in [6, 6.07) is 9.44. The van der Waals surface area contributed by atoms with Crippen molar-refractivity contribution >= 4 is 16.8 Å². The summed E-state index contributed by atoms with van der Waals surface area (Å²) in [5.41, 5.74) is 2.03. The van der Waals surface area contributed by atoms with Gasteiger partial charge in [0.05, 0.1) is 36.4 Å². The van der Waals surface area contributed by atoms with Crippen LogP contribution in [-0.4, -0.2) is 36.5 Å². The monoisotopic (exact) mass is 283 g/mol. The molecule has 0 aliphatic heterocycles. The zero-order valence-electron chi connectivity index (χ0n) is 12.4. The number of carbonyl (C=O) groups is 1. The highest BCUT2D eigenvalue weighted by atomic mass is 16.5. The van der Waals surface area contributed by atoms with E-state index in [2.05, 4.69) is 4.98 Å². The van der Waals surface area contributed by atoms with Crippen LogP contribution < -0.4 is 4.74 Å². The summed E-state index contributed by atoms with van der Waals surface area (Å²) in [5.74, 6) is 0.618. The number of carbonyl (C=O) groups excluding carboxylic acids is 1. The lowest BCUT2D eigenvalue weighted by molar-refractivity contribution is 0.0797. The molecule has 0 aliphatic rings. The number of pyridine rings is 1. The van der Waals surface area contributed by atoms with Crippen LogP contribution in [0.15, 0.2) is 24.3 Å². The summed E-state index contributed by atoms with van der Waals surface area (Å²) >= 11 is 0. The first kappa shape index (κ1) is 14.8. The van der Waals surface area contributed by atoms with Gasteiger partial charge in [0.25, 0.3) is 5.91 Å². The molecule has 0 radical (unpaired) electrons. The molecule has 1 aromatic carbocycles. The number of aromatic nitrogens is 1. The number of ether oxygens (including phenoxy) is 1. The molecule has 0 saturated carbocycles. The second kappa shape index (κ2) is 6.23. The molecule has 5 heteroatoms. The lowest BCUT2D eigenvalue weighted by Crippen LogP contribution is -2.28. The van der Waals surface area contributed by atoms with Crippen molar-refractivity contribution in [1.29, 1.82) is 5.26 Å². The van der Waals surface area contributed by atoms with E-state index < -0.39 is 0 Å². The molecule has 5 nitrogen and oxygen atoms in total. The molecule has 0 aliphatic carbocycles. The molecule has 0 saturated heterocycles. The number of rotatable bonds is 4. The summed E-state index contributed by atoms with van der Waals surface area (Å²) in [6.45, 7) is 2.22. The van der Waals surface area contributed by atoms with E-state index in [1.165, 1.54) is 0 Å². The molecule has 0 N–H and O–H groups in total. The predicted molar refractivity (Wildman–Crippen MR) is 80.2 cm³/mol. The van der Waals surface area contributed by atoms with Crippen molar-refractivity contribution in [2.45, 2.75) is 13.3 Å². The summed E-state index contributed by atoms with van der Waals surface area (Å²) in [6.07, 6.45) is 0.319. The quantitative estimate of drug-likeness (QED) is 0.864. The molecule has 2 aromatic rings. The van der Waals surface area contributed by atoms with Gasteiger partial charge in [-0.05, 0) is 25.1 Å². The van der Waals surface area contributed by atoms with E-state index in [1.807, 2.05) is 37.3 Å². The maximum Gasteiger partial charge on any atom is 0.255 e. The van der Waals surface area contributed by atoms with Gasteiger partial charge in [0.2, 0.25) is 0 Å². The minimum Gasteiger partial charge on any atom is -0.497 e. The number of fused-ring (bicyclic) bond motifs is 1. The molecular formula is C16H17N3O2. The Kier molecular flexibility index (Phi) is 4.39. The zero-order chi connectivity index (χ0) is 15.4. The molecule has 0 fully saturated rings. The van der Waals surface area contributed by atoms with Crippen LogP contribution in [0, 0.1) is 18.3 Å². The van der Waals surface area contributed by atoms with Gasteiger partial charge in [0, 0.05) is 25.0 Å². The minimum absolute atomic E-state index is 0.118. The van der Waals surface area contributed by atoms with E-state index >= 15 is 0 Å². The highest BCUT2D eigenvalue weighted by Gasteiger charge is 2.16. The van der Waals surface area contributed by atoms with E-state index in [9.17, 15) is 4.79 Å². The number of hydrogen-bond donors (Lipinski definition) is 0. The van der Waals surface area contributed by atoms with Crippen LogP contribution in [0.4, 0.5) is 0 Å². The second-order valence-corrected chi connectivity index (χ2v) is 4.81. The van der Waals surface area contributed by atoms with Crippen molar-refractivity contribution in [3.8, 4) is 11.8 Å². The second-order valence-electron chi connectivity index (χ2n) is 4.81. The molecule has 1 amide bonds. The number of nitrogens with zero attached hydrogens (tertiary/aromatic N) is 3. The SMILES string of the molecule is COc1ccc2cc(C(=O)N(C)CCC#N)c(C)nc2c1. The van der Waals surface area contributed by atoms with Crippen LogP contribution in [0.25, 0.3) is 10.9 Å². The van der Waals surface area contributed by atoms with Gasteiger partial charge in [0.1, 0.15) is 5.75 Å². The topological polar surface area (TPSA) is 66.2 Å². The predicted octanol–water partition coefficient (Wildman–Crippen LogP) is 2.54. The highest BCUT2D eigenvalue weighted by molar-refractivity contribution is 5.98. The lowest BCUT2D eigenvalue weighted by atomic mass is 10.1. The molecular weight excluding hydrogens is 266 g/mol. The van der Waals surface area contributed by atoms with E-state index in [1.54, 1.807) is 19.1 Å². The summed E-state index contributed by atoms with van der Waals surface area (Å²) in [5, 5.41) is 9.49. The Labute approximate surface area is 123 Å². The normalized spacial score (nSPS) is 10.2. The molecule has 21 heavy (non-hydrogen) atoms. The van der Waals surface area contributed by atoms with Crippen molar-refractivity contribution in [2.24, 2.45) is 0 Å². The number of amides is 1. The first-order valence-corrected chi connectivity index (χ1v) is 6.64. The summed E-state index contributed by atoms with van der Waals surface area (Å²) < 4.78 is 5.18. The molecule has 0 atom stereocenters. The van der Waals surface area contributed by atoms with Gasteiger partial charge in [-0.1, -0.05) is 0 Å². The van der Waals surface area contributed by atoms with Crippen LogP contribution in [0.5, 0.6) is 5.75 Å². The molecule has 0 unspecified atom stereocenters. The Morgan fingerprint density at radius 1 is 1.43 bits per heavy atom. The standard InChI is InChI=1S/C16H17N3O2/c1-11-14(16(20)19(2)8-4-7-17)9-12-5-6-13(21-3)10-15(12)18-11/h5-6,9-10H,4,8H2,1-3H3. The Morgan fingerprint density at radius 2 is 2.19 bits per heavy atom. The number of nitriles is 1. The van der Waals surface area contributed by atoms with Gasteiger partial charge in [-0.3, -0.25) is 9.78 Å². The fraction of sp³-hybridized carbons (Fsp3) is 0.312. The molecule has 1 aromatic heterocycles. The molecule has 0 spiro atoms. The summed E-state index contributed by atoms with van der Waals surface area (Å²) in [4.78, 5) is 18.4. The van der Waals surface area contributed by atoms with Gasteiger partial charge in [0.15, 0.2) is 0 Å². The maximum absolute atomic E-state index is 12.4. The smallest absolute Gasteiger partial charge is 0.255 e. The third kappa shape index (κ3) is 3.11. The lowest BCUT2D eigenvalue weighted by Gasteiger charge is -2.17. The first-order valence-electron chi connectivity index (χ1n) is 6.64. The zero-order valence-corrected chi connectivity index (χ0v) is 12.4. The van der Waals surface area contributed by atoms with Crippen molar-refractivity contribution < 1.29 is 9.53 Å². The van der Waals surface area contributed by atoms with Gasteiger partial charge in [-0.2, -0.15) is 5.26 Å². The van der Waals surface area contributed by atoms with Gasteiger partial charge >= 0.3 is 0 Å². The van der Waals surface area contributed by atoms with Gasteiger partial charge in [-0.15, -0.1) is 0 Å². The number of aryl methyl sites for hydroxylation is 1. The van der Waals surface area contributed by atoms with Crippen molar-refractivity contribution in [3.63, 3.8) is 0 Å². The number of hydrogen-bond acceptors (Lipinski definition) is 4. The van der Waals surface area contributed by atoms with Crippen LogP contribution in [-0.2, 0) is 0 Å². The van der Waals surface area contributed by atoms with Gasteiger partial charge in [-0.25, -0.2) is 0 Å². The Hall–Kier alpha value is -2.61.